The van der Waals surface area contributed by atoms with Crippen LogP contribution in [0.2, 0.25) is 0 Å². The van der Waals surface area contributed by atoms with Crippen LogP contribution < -0.4 is 5.73 Å². The summed E-state index contributed by atoms with van der Waals surface area (Å²) in [7, 11) is 1.57. The largest absolute Gasteiger partial charge is 0.459 e. The molecule has 1 heterocycles. The van der Waals surface area contributed by atoms with Crippen LogP contribution in [0.3, 0.4) is 0 Å². The van der Waals surface area contributed by atoms with E-state index in [0.717, 1.165) is 22.2 Å². The summed E-state index contributed by atoms with van der Waals surface area (Å²) in [5, 5.41) is 0. The van der Waals surface area contributed by atoms with Gasteiger partial charge in [0.15, 0.2) is 0 Å². The second-order valence-corrected chi connectivity index (χ2v) is 5.24. The number of aromatic nitrogens is 2. The van der Waals surface area contributed by atoms with E-state index in [0.29, 0.717) is 12.6 Å². The predicted molar refractivity (Wildman–Crippen MR) is 81.0 cm³/mol. The van der Waals surface area contributed by atoms with E-state index in [1.807, 2.05) is 26.0 Å². The molecule has 0 fully saturated rings. The average molecular weight is 291 g/mol. The zero-order valence-corrected chi connectivity index (χ0v) is 12.8. The first-order chi connectivity index (χ1) is 9.92. The summed E-state index contributed by atoms with van der Waals surface area (Å²) in [6.45, 7) is 6.22. The van der Waals surface area contributed by atoms with E-state index < -0.39 is 0 Å². The lowest BCUT2D eigenvalue weighted by molar-refractivity contribution is -0.151. The highest BCUT2D eigenvalue weighted by Gasteiger charge is 2.15. The fourth-order valence-electron chi connectivity index (χ4n) is 2.22. The molecule has 0 aliphatic carbocycles. The minimum absolute atomic E-state index is 0.0406. The van der Waals surface area contributed by atoms with Crippen LogP contribution in [-0.4, -0.2) is 35.3 Å². The highest BCUT2D eigenvalue weighted by Crippen LogP contribution is 2.22. The summed E-state index contributed by atoms with van der Waals surface area (Å²) in [5.41, 5.74) is 9.81. The number of fused-ring (bicyclic) bond motifs is 1. The van der Waals surface area contributed by atoms with E-state index in [-0.39, 0.29) is 18.6 Å². The van der Waals surface area contributed by atoms with Gasteiger partial charge in [-0.15, -0.1) is 0 Å². The first-order valence-corrected chi connectivity index (χ1v) is 6.83. The molecule has 1 unspecified atom stereocenters. The molecule has 21 heavy (non-hydrogen) atoms. The summed E-state index contributed by atoms with van der Waals surface area (Å²) in [4.78, 5) is 16.3. The van der Waals surface area contributed by atoms with Crippen molar-refractivity contribution >= 4 is 23.0 Å². The molecule has 0 amide bonds. The summed E-state index contributed by atoms with van der Waals surface area (Å²) < 4.78 is 11.9. The van der Waals surface area contributed by atoms with Crippen LogP contribution in [-0.2, 0) is 20.8 Å². The molecule has 6 nitrogen and oxygen atoms in total. The van der Waals surface area contributed by atoms with Crippen LogP contribution in [0.25, 0.3) is 11.0 Å². The Balaban J connectivity index is 2.24. The highest BCUT2D eigenvalue weighted by molar-refractivity contribution is 5.82. The Labute approximate surface area is 123 Å². The number of anilines is 1. The minimum atomic E-state index is -0.358. The number of benzene rings is 1. The van der Waals surface area contributed by atoms with Crippen molar-refractivity contribution in [1.82, 2.24) is 9.55 Å². The summed E-state index contributed by atoms with van der Waals surface area (Å²) in [5.74, 6) is -0.0462. The van der Waals surface area contributed by atoms with Crippen LogP contribution in [0.15, 0.2) is 12.1 Å². The van der Waals surface area contributed by atoms with E-state index in [2.05, 4.69) is 4.98 Å². The number of rotatable bonds is 5. The van der Waals surface area contributed by atoms with Crippen LogP contribution in [0.4, 0.5) is 5.95 Å². The van der Waals surface area contributed by atoms with Crippen molar-refractivity contribution < 1.29 is 14.3 Å². The van der Waals surface area contributed by atoms with Gasteiger partial charge in [0, 0.05) is 7.11 Å². The van der Waals surface area contributed by atoms with E-state index in [9.17, 15) is 4.79 Å². The van der Waals surface area contributed by atoms with E-state index in [1.54, 1.807) is 18.6 Å². The Morgan fingerprint density at radius 3 is 2.71 bits per heavy atom. The van der Waals surface area contributed by atoms with E-state index >= 15 is 0 Å². The Morgan fingerprint density at radius 2 is 2.05 bits per heavy atom. The molecule has 0 aliphatic heterocycles. The van der Waals surface area contributed by atoms with Gasteiger partial charge in [0.1, 0.15) is 12.6 Å². The quantitative estimate of drug-likeness (QED) is 0.850. The van der Waals surface area contributed by atoms with E-state index in [4.69, 9.17) is 15.2 Å². The molecule has 0 bridgehead atoms. The van der Waals surface area contributed by atoms with Crippen LogP contribution >= 0.6 is 0 Å². The lowest BCUT2D eigenvalue weighted by Gasteiger charge is -2.13. The molecule has 0 saturated heterocycles. The predicted octanol–water partition coefficient (Wildman–Crippen LogP) is 1.81. The zero-order valence-electron chi connectivity index (χ0n) is 12.8. The number of carbonyl (C=O) groups is 1. The molecule has 114 valence electrons. The normalized spacial score (nSPS) is 12.6. The molecule has 2 N–H and O–H groups in total. The fraction of sp³-hybridized carbons (Fsp3) is 0.467. The van der Waals surface area contributed by atoms with Gasteiger partial charge in [-0.25, -0.2) is 4.98 Å². The number of methoxy groups -OCH3 is 1. The third-order valence-corrected chi connectivity index (χ3v) is 3.41. The second-order valence-electron chi connectivity index (χ2n) is 5.24. The van der Waals surface area contributed by atoms with Crippen molar-refractivity contribution in [3.63, 3.8) is 0 Å². The molecule has 1 aromatic heterocycles. The third-order valence-electron chi connectivity index (χ3n) is 3.41. The van der Waals surface area contributed by atoms with Gasteiger partial charge in [-0.1, -0.05) is 0 Å². The smallest absolute Gasteiger partial charge is 0.326 e. The zero-order chi connectivity index (χ0) is 15.6. The van der Waals surface area contributed by atoms with Crippen molar-refractivity contribution in [3.05, 3.63) is 23.3 Å². The average Bonchev–Trinajstić information content (AvgIpc) is 2.67. The van der Waals surface area contributed by atoms with Gasteiger partial charge in [-0.05, 0) is 44.0 Å². The van der Waals surface area contributed by atoms with Crippen molar-refractivity contribution in [2.24, 2.45) is 0 Å². The number of nitrogens with two attached hydrogens (primary N) is 1. The number of nitrogen functional groups attached to an aromatic ring is 1. The number of hydrogen-bond donors (Lipinski definition) is 1. The SMILES string of the molecule is COCC(C)OC(=O)Cn1c(N)nc2cc(C)c(C)cc21. The molecular formula is C15H21N3O3. The van der Waals surface area contributed by atoms with Gasteiger partial charge in [0.05, 0.1) is 17.6 Å². The lowest BCUT2D eigenvalue weighted by atomic mass is 10.1. The van der Waals surface area contributed by atoms with Crippen molar-refractivity contribution in [1.29, 1.82) is 0 Å². The summed E-state index contributed by atoms with van der Waals surface area (Å²) >= 11 is 0. The molecule has 0 aliphatic rings. The van der Waals surface area contributed by atoms with Crippen molar-refractivity contribution in [2.45, 2.75) is 33.4 Å². The van der Waals surface area contributed by atoms with Gasteiger partial charge < -0.3 is 15.2 Å². The molecule has 0 radical (unpaired) electrons. The number of imidazole rings is 1. The van der Waals surface area contributed by atoms with Gasteiger partial charge >= 0.3 is 5.97 Å². The number of aryl methyl sites for hydroxylation is 2. The lowest BCUT2D eigenvalue weighted by Crippen LogP contribution is -2.23. The Hall–Kier alpha value is -2.08. The monoisotopic (exact) mass is 291 g/mol. The summed E-state index contributed by atoms with van der Waals surface area (Å²) in [6.07, 6.45) is -0.289. The standard InChI is InChI=1S/C15H21N3O3/c1-9-5-12-13(6-10(9)2)18(15(16)17-12)7-14(19)21-11(3)8-20-4/h5-6,11H,7-8H2,1-4H3,(H2,16,17). The van der Waals surface area contributed by atoms with Gasteiger partial charge in [0.25, 0.3) is 0 Å². The second kappa shape index (κ2) is 6.13. The minimum Gasteiger partial charge on any atom is -0.459 e. The maximum absolute atomic E-state index is 12.0. The van der Waals surface area contributed by atoms with Gasteiger partial charge in [-0.3, -0.25) is 9.36 Å². The molecule has 1 aromatic carbocycles. The molecule has 0 saturated carbocycles. The Bertz CT molecular complexity index is 664. The topological polar surface area (TPSA) is 79.4 Å². The number of ether oxygens (including phenoxy) is 2. The maximum atomic E-state index is 12.0. The Kier molecular flexibility index (Phi) is 4.47. The number of nitrogens with zero attached hydrogens (tertiary/aromatic N) is 2. The van der Waals surface area contributed by atoms with Crippen LogP contribution in [0.1, 0.15) is 18.1 Å². The molecule has 0 spiro atoms. The summed E-state index contributed by atoms with van der Waals surface area (Å²) in [6, 6.07) is 3.95. The van der Waals surface area contributed by atoms with Crippen molar-refractivity contribution in [3.8, 4) is 0 Å². The first kappa shape index (κ1) is 15.3. The molecule has 1 atom stereocenters. The molecule has 2 aromatic rings. The van der Waals surface area contributed by atoms with E-state index in [1.165, 1.54) is 0 Å². The molecule has 2 rings (SSSR count). The highest BCUT2D eigenvalue weighted by atomic mass is 16.6. The maximum Gasteiger partial charge on any atom is 0.326 e. The number of hydrogen-bond acceptors (Lipinski definition) is 5. The Morgan fingerprint density at radius 1 is 1.38 bits per heavy atom. The third kappa shape index (κ3) is 3.33. The van der Waals surface area contributed by atoms with Crippen LogP contribution in [0.5, 0.6) is 0 Å². The molecular weight excluding hydrogens is 270 g/mol. The van der Waals surface area contributed by atoms with Crippen LogP contribution in [0, 0.1) is 13.8 Å². The number of esters is 1. The van der Waals surface area contributed by atoms with Crippen molar-refractivity contribution in [2.75, 3.05) is 19.5 Å². The molecule has 6 heteroatoms. The van der Waals surface area contributed by atoms with Gasteiger partial charge in [0.2, 0.25) is 5.95 Å². The fourth-order valence-corrected chi connectivity index (χ4v) is 2.22. The number of carbonyl (C=O) groups excluding carboxylic acids is 1. The van der Waals surface area contributed by atoms with Gasteiger partial charge in [-0.2, -0.15) is 0 Å². The first-order valence-electron chi connectivity index (χ1n) is 6.83.